The Morgan fingerprint density at radius 1 is 1.19 bits per heavy atom. The zero-order chi connectivity index (χ0) is 15.2. The van der Waals surface area contributed by atoms with Crippen LogP contribution in [0.2, 0.25) is 0 Å². The molecule has 2 rings (SSSR count). The van der Waals surface area contributed by atoms with E-state index in [0.717, 1.165) is 41.2 Å². The van der Waals surface area contributed by atoms with Gasteiger partial charge in [-0.25, -0.2) is 0 Å². The molecule has 0 aliphatic rings. The lowest BCUT2D eigenvalue weighted by Gasteiger charge is -2.21. The van der Waals surface area contributed by atoms with Gasteiger partial charge in [0.15, 0.2) is 0 Å². The molecule has 0 saturated heterocycles. The van der Waals surface area contributed by atoms with Crippen molar-refractivity contribution in [2.24, 2.45) is 0 Å². The number of aryl methyl sites for hydroxylation is 1. The van der Waals surface area contributed by atoms with Crippen LogP contribution in [0.25, 0.3) is 0 Å². The minimum atomic E-state index is 0.841. The number of pyridine rings is 1. The van der Waals surface area contributed by atoms with Crippen molar-refractivity contribution in [2.45, 2.75) is 26.9 Å². The van der Waals surface area contributed by atoms with Gasteiger partial charge in [0.1, 0.15) is 5.75 Å². The molecule has 0 spiro atoms. The van der Waals surface area contributed by atoms with E-state index in [9.17, 15) is 0 Å². The lowest BCUT2D eigenvalue weighted by Crippen LogP contribution is -2.23. The van der Waals surface area contributed by atoms with Gasteiger partial charge in [0.2, 0.25) is 0 Å². The fourth-order valence-electron chi connectivity index (χ4n) is 2.31. The Morgan fingerprint density at radius 2 is 2.00 bits per heavy atom. The molecular formula is C17H21BrN2O. The van der Waals surface area contributed by atoms with E-state index >= 15 is 0 Å². The van der Waals surface area contributed by atoms with Crippen molar-refractivity contribution in [3.63, 3.8) is 0 Å². The fraction of sp³-hybridized carbons (Fsp3) is 0.353. The highest BCUT2D eigenvalue weighted by Gasteiger charge is 2.10. The smallest absolute Gasteiger partial charge is 0.123 e. The summed E-state index contributed by atoms with van der Waals surface area (Å²) in [5, 5.41) is 0. The Kier molecular flexibility index (Phi) is 5.76. The number of hydrogen-bond acceptors (Lipinski definition) is 3. The van der Waals surface area contributed by atoms with Gasteiger partial charge in [-0.05, 0) is 43.8 Å². The Labute approximate surface area is 135 Å². The molecule has 0 bridgehead atoms. The number of aromatic nitrogens is 1. The van der Waals surface area contributed by atoms with Crippen LogP contribution in [0.3, 0.4) is 0 Å². The molecule has 0 aliphatic heterocycles. The normalized spacial score (nSPS) is 10.9. The number of nitrogens with zero attached hydrogens (tertiary/aromatic N) is 2. The monoisotopic (exact) mass is 348 g/mol. The number of hydrogen-bond donors (Lipinski definition) is 0. The van der Waals surface area contributed by atoms with Gasteiger partial charge in [-0.15, -0.1) is 0 Å². The molecule has 1 aromatic heterocycles. The van der Waals surface area contributed by atoms with Gasteiger partial charge in [0.05, 0.1) is 12.8 Å². The zero-order valence-electron chi connectivity index (χ0n) is 12.8. The van der Waals surface area contributed by atoms with Crippen molar-refractivity contribution < 1.29 is 4.74 Å². The lowest BCUT2D eigenvalue weighted by atomic mass is 10.2. The minimum absolute atomic E-state index is 0.841. The van der Waals surface area contributed by atoms with Crippen LogP contribution in [0.4, 0.5) is 0 Å². The highest BCUT2D eigenvalue weighted by molar-refractivity contribution is 9.10. The molecule has 21 heavy (non-hydrogen) atoms. The van der Waals surface area contributed by atoms with Gasteiger partial charge < -0.3 is 4.74 Å². The van der Waals surface area contributed by atoms with Crippen LogP contribution in [-0.4, -0.2) is 23.5 Å². The summed E-state index contributed by atoms with van der Waals surface area (Å²) in [5.74, 6) is 0.925. The van der Waals surface area contributed by atoms with Gasteiger partial charge in [0, 0.05) is 28.8 Å². The highest BCUT2D eigenvalue weighted by atomic mass is 79.9. The lowest BCUT2D eigenvalue weighted by molar-refractivity contribution is 0.263. The Morgan fingerprint density at radius 3 is 2.67 bits per heavy atom. The zero-order valence-corrected chi connectivity index (χ0v) is 14.4. The first-order chi connectivity index (χ1) is 10.1. The maximum atomic E-state index is 5.45. The molecule has 0 unspecified atom stereocenters. The highest BCUT2D eigenvalue weighted by Crippen LogP contribution is 2.24. The van der Waals surface area contributed by atoms with Crippen LogP contribution in [0.15, 0.2) is 40.9 Å². The van der Waals surface area contributed by atoms with Gasteiger partial charge in [-0.3, -0.25) is 9.88 Å². The molecule has 0 saturated carbocycles. The molecule has 0 aliphatic carbocycles. The number of rotatable bonds is 6. The molecule has 3 nitrogen and oxygen atoms in total. The maximum absolute atomic E-state index is 5.45. The van der Waals surface area contributed by atoms with Crippen LogP contribution >= 0.6 is 15.9 Å². The predicted molar refractivity (Wildman–Crippen MR) is 89.5 cm³/mol. The van der Waals surface area contributed by atoms with E-state index in [2.05, 4.69) is 50.9 Å². The molecule has 2 aromatic rings. The molecule has 0 N–H and O–H groups in total. The molecule has 0 atom stereocenters. The second-order valence-corrected chi connectivity index (χ2v) is 5.95. The summed E-state index contributed by atoms with van der Waals surface area (Å²) in [6.07, 6.45) is 0. The van der Waals surface area contributed by atoms with Gasteiger partial charge in [0.25, 0.3) is 0 Å². The molecule has 0 amide bonds. The van der Waals surface area contributed by atoms with E-state index in [0.29, 0.717) is 0 Å². The van der Waals surface area contributed by atoms with E-state index in [1.54, 1.807) is 7.11 Å². The quantitative estimate of drug-likeness (QED) is 0.782. The summed E-state index contributed by atoms with van der Waals surface area (Å²) in [7, 11) is 1.71. The molecule has 4 heteroatoms. The maximum Gasteiger partial charge on any atom is 0.123 e. The Hall–Kier alpha value is -1.39. The van der Waals surface area contributed by atoms with E-state index in [4.69, 9.17) is 4.74 Å². The molecule has 0 fully saturated rings. The van der Waals surface area contributed by atoms with Crippen molar-refractivity contribution in [2.75, 3.05) is 13.7 Å². The number of methoxy groups -OCH3 is 1. The van der Waals surface area contributed by atoms with Crippen molar-refractivity contribution in [3.8, 4) is 5.75 Å². The van der Waals surface area contributed by atoms with Crippen molar-refractivity contribution >= 4 is 15.9 Å². The topological polar surface area (TPSA) is 25.4 Å². The van der Waals surface area contributed by atoms with E-state index in [1.165, 1.54) is 5.56 Å². The third kappa shape index (κ3) is 4.55. The largest absolute Gasteiger partial charge is 0.496 e. The van der Waals surface area contributed by atoms with Crippen molar-refractivity contribution in [3.05, 3.63) is 57.8 Å². The number of benzene rings is 1. The van der Waals surface area contributed by atoms with Crippen molar-refractivity contribution in [1.82, 2.24) is 9.88 Å². The van der Waals surface area contributed by atoms with Crippen LogP contribution in [0, 0.1) is 6.92 Å². The number of halogens is 1. The molecule has 0 radical (unpaired) electrons. The summed E-state index contributed by atoms with van der Waals surface area (Å²) < 4.78 is 6.52. The van der Waals surface area contributed by atoms with Crippen LogP contribution in [0.5, 0.6) is 5.75 Å². The SMILES string of the molecule is CCN(Cc1cccc(C)n1)Cc1cc(Br)ccc1OC. The van der Waals surface area contributed by atoms with Gasteiger partial charge in [-0.1, -0.05) is 28.9 Å². The van der Waals surface area contributed by atoms with Gasteiger partial charge >= 0.3 is 0 Å². The summed E-state index contributed by atoms with van der Waals surface area (Å²) in [5.41, 5.74) is 3.34. The fourth-order valence-corrected chi connectivity index (χ4v) is 2.72. The van der Waals surface area contributed by atoms with Crippen molar-refractivity contribution in [1.29, 1.82) is 0 Å². The summed E-state index contributed by atoms with van der Waals surface area (Å²) in [6.45, 7) is 6.84. The summed E-state index contributed by atoms with van der Waals surface area (Å²) in [6, 6.07) is 12.3. The van der Waals surface area contributed by atoms with Crippen LogP contribution in [0.1, 0.15) is 23.9 Å². The average molecular weight is 349 g/mol. The van der Waals surface area contributed by atoms with Crippen LogP contribution < -0.4 is 4.74 Å². The summed E-state index contributed by atoms with van der Waals surface area (Å²) >= 11 is 3.53. The van der Waals surface area contributed by atoms with E-state index < -0.39 is 0 Å². The Bertz CT molecular complexity index is 601. The second-order valence-electron chi connectivity index (χ2n) is 5.03. The molecular weight excluding hydrogens is 328 g/mol. The van der Waals surface area contributed by atoms with Gasteiger partial charge in [-0.2, -0.15) is 0 Å². The first-order valence-corrected chi connectivity index (χ1v) is 7.89. The Balaban J connectivity index is 2.14. The average Bonchev–Trinajstić information content (AvgIpc) is 2.47. The summed E-state index contributed by atoms with van der Waals surface area (Å²) in [4.78, 5) is 6.93. The third-order valence-electron chi connectivity index (χ3n) is 3.42. The number of ether oxygens (including phenoxy) is 1. The molecule has 1 heterocycles. The van der Waals surface area contributed by atoms with E-state index in [-0.39, 0.29) is 0 Å². The predicted octanol–water partition coefficient (Wildman–Crippen LogP) is 4.18. The standard InChI is InChI=1S/C17H21BrN2O/c1-4-20(12-16-7-5-6-13(2)19-16)11-14-10-15(18)8-9-17(14)21-3/h5-10H,4,11-12H2,1-3H3. The molecule has 112 valence electrons. The first kappa shape index (κ1) is 16.0. The van der Waals surface area contributed by atoms with E-state index in [1.807, 2.05) is 25.1 Å². The minimum Gasteiger partial charge on any atom is -0.496 e. The second kappa shape index (κ2) is 7.57. The third-order valence-corrected chi connectivity index (χ3v) is 3.91. The van der Waals surface area contributed by atoms with Crippen LogP contribution in [-0.2, 0) is 13.1 Å². The first-order valence-electron chi connectivity index (χ1n) is 7.09. The molecule has 1 aromatic carbocycles.